The first-order valence-electron chi connectivity index (χ1n) is 11.6. The lowest BCUT2D eigenvalue weighted by Gasteiger charge is -2.31. The number of nitrogens with one attached hydrogen (secondary N) is 1. The molecule has 0 heterocycles. The summed E-state index contributed by atoms with van der Waals surface area (Å²) in [6.07, 6.45) is 1.33. The van der Waals surface area contributed by atoms with Gasteiger partial charge < -0.3 is 19.7 Å². The average molecular weight is 455 g/mol. The third-order valence-electron chi connectivity index (χ3n) is 6.01. The Balaban J connectivity index is 2.27. The first kappa shape index (κ1) is 26.2. The van der Waals surface area contributed by atoms with E-state index >= 15 is 0 Å². The van der Waals surface area contributed by atoms with E-state index in [1.54, 1.807) is 12.0 Å². The zero-order valence-corrected chi connectivity index (χ0v) is 21.0. The molecular weight excluding hydrogens is 416 g/mol. The lowest BCUT2D eigenvalue weighted by Crippen LogP contribution is -2.51. The van der Waals surface area contributed by atoms with Crippen molar-refractivity contribution in [2.45, 2.75) is 73.0 Å². The van der Waals surface area contributed by atoms with Crippen molar-refractivity contribution in [2.24, 2.45) is 0 Å². The van der Waals surface area contributed by atoms with Gasteiger partial charge in [0.2, 0.25) is 5.91 Å². The molecule has 2 aromatic carbocycles. The molecule has 0 saturated heterocycles. The largest absolute Gasteiger partial charge is 0.497 e. The van der Waals surface area contributed by atoms with Crippen LogP contribution in [0.1, 0.15) is 55.9 Å². The van der Waals surface area contributed by atoms with E-state index in [9.17, 15) is 9.59 Å². The number of benzene rings is 2. The van der Waals surface area contributed by atoms with Gasteiger partial charge in [-0.1, -0.05) is 32.0 Å². The number of nitrogens with zero attached hydrogens (tertiary/aromatic N) is 1. The first-order valence-corrected chi connectivity index (χ1v) is 11.6. The second-order valence-corrected chi connectivity index (χ2v) is 8.61. The van der Waals surface area contributed by atoms with Crippen molar-refractivity contribution in [2.75, 3.05) is 13.7 Å². The number of aryl methyl sites for hydroxylation is 2. The molecule has 0 bridgehead atoms. The Morgan fingerprint density at radius 2 is 1.70 bits per heavy atom. The smallest absolute Gasteiger partial charge is 0.261 e. The molecule has 0 aliphatic carbocycles. The summed E-state index contributed by atoms with van der Waals surface area (Å²) in [7, 11) is 1.61. The van der Waals surface area contributed by atoms with Crippen LogP contribution in [-0.4, -0.2) is 42.5 Å². The summed E-state index contributed by atoms with van der Waals surface area (Å²) in [5.41, 5.74) is 4.13. The van der Waals surface area contributed by atoms with Crippen LogP contribution >= 0.6 is 0 Å². The van der Waals surface area contributed by atoms with Gasteiger partial charge >= 0.3 is 0 Å². The monoisotopic (exact) mass is 454 g/mol. The molecular formula is C27H38N2O4. The van der Waals surface area contributed by atoms with Gasteiger partial charge in [0.25, 0.3) is 5.91 Å². The quantitative estimate of drug-likeness (QED) is 0.533. The van der Waals surface area contributed by atoms with E-state index < -0.39 is 6.04 Å². The lowest BCUT2D eigenvalue weighted by atomic mass is 10.1. The van der Waals surface area contributed by atoms with E-state index in [2.05, 4.69) is 11.4 Å². The normalized spacial score (nSPS) is 12.6. The fourth-order valence-corrected chi connectivity index (χ4v) is 3.66. The molecule has 1 N–H and O–H groups in total. The van der Waals surface area contributed by atoms with E-state index in [0.29, 0.717) is 18.7 Å². The van der Waals surface area contributed by atoms with Crippen molar-refractivity contribution >= 4 is 11.8 Å². The number of hydrogen-bond donors (Lipinski definition) is 1. The predicted molar refractivity (Wildman–Crippen MR) is 132 cm³/mol. The third kappa shape index (κ3) is 7.24. The molecule has 0 radical (unpaired) electrons. The van der Waals surface area contributed by atoms with Crippen molar-refractivity contribution in [3.63, 3.8) is 0 Å². The van der Waals surface area contributed by atoms with Gasteiger partial charge in [-0.3, -0.25) is 9.59 Å². The molecule has 2 aromatic rings. The Labute approximate surface area is 198 Å². The Kier molecular flexibility index (Phi) is 9.76. The van der Waals surface area contributed by atoms with Crippen molar-refractivity contribution in [1.29, 1.82) is 0 Å². The summed E-state index contributed by atoms with van der Waals surface area (Å²) in [6, 6.07) is 11.0. The highest BCUT2D eigenvalue weighted by atomic mass is 16.5. The summed E-state index contributed by atoms with van der Waals surface area (Å²) >= 11 is 0. The number of methoxy groups -OCH3 is 1. The van der Waals surface area contributed by atoms with Gasteiger partial charge in [-0.05, 0) is 81.0 Å². The van der Waals surface area contributed by atoms with Gasteiger partial charge in [0.1, 0.15) is 17.5 Å². The third-order valence-corrected chi connectivity index (χ3v) is 6.01. The molecule has 0 aromatic heterocycles. The van der Waals surface area contributed by atoms with E-state index in [4.69, 9.17) is 9.47 Å². The Morgan fingerprint density at radius 3 is 2.27 bits per heavy atom. The van der Waals surface area contributed by atoms with Crippen molar-refractivity contribution < 1.29 is 19.1 Å². The molecule has 33 heavy (non-hydrogen) atoms. The zero-order valence-electron chi connectivity index (χ0n) is 21.0. The second kappa shape index (κ2) is 12.3. The number of carbonyl (C=O) groups is 2. The molecule has 0 aliphatic heterocycles. The van der Waals surface area contributed by atoms with E-state index in [1.807, 2.05) is 71.9 Å². The molecule has 0 spiro atoms. The minimum atomic E-state index is -0.586. The van der Waals surface area contributed by atoms with Crippen LogP contribution in [0.25, 0.3) is 0 Å². The van der Waals surface area contributed by atoms with E-state index in [0.717, 1.165) is 34.4 Å². The number of rotatable bonds is 11. The van der Waals surface area contributed by atoms with Crippen LogP contribution in [-0.2, 0) is 16.1 Å². The van der Waals surface area contributed by atoms with Gasteiger partial charge in [0.05, 0.1) is 7.11 Å². The Bertz CT molecular complexity index is 940. The molecule has 180 valence electrons. The highest BCUT2D eigenvalue weighted by Gasteiger charge is 2.29. The molecule has 0 unspecified atom stereocenters. The second-order valence-electron chi connectivity index (χ2n) is 8.61. The molecule has 0 aliphatic rings. The number of carbonyl (C=O) groups excluding carboxylic acids is 2. The fraction of sp³-hybridized carbons (Fsp3) is 0.481. The maximum Gasteiger partial charge on any atom is 0.261 e. The first-order chi connectivity index (χ1) is 15.7. The van der Waals surface area contributed by atoms with Gasteiger partial charge in [-0.2, -0.15) is 0 Å². The van der Waals surface area contributed by atoms with Gasteiger partial charge in [-0.25, -0.2) is 0 Å². The number of amides is 2. The topological polar surface area (TPSA) is 67.9 Å². The SMILES string of the molecule is CC[C@H](C)NC(=O)[C@H](CC)N(Cc1ccc(OC)cc1)C(=O)COc1cc(C)cc(C)c1C. The zero-order chi connectivity index (χ0) is 24.5. The van der Waals surface area contributed by atoms with Crippen molar-refractivity contribution in [3.8, 4) is 11.5 Å². The summed E-state index contributed by atoms with van der Waals surface area (Å²) < 4.78 is 11.2. The van der Waals surface area contributed by atoms with Crippen LogP contribution < -0.4 is 14.8 Å². The van der Waals surface area contributed by atoms with Gasteiger partial charge in [-0.15, -0.1) is 0 Å². The molecule has 0 saturated carbocycles. The molecule has 6 heteroatoms. The van der Waals surface area contributed by atoms with Crippen LogP contribution in [0.4, 0.5) is 0 Å². The number of hydrogen-bond acceptors (Lipinski definition) is 4. The van der Waals surface area contributed by atoms with Crippen molar-refractivity contribution in [3.05, 3.63) is 58.7 Å². The molecule has 2 rings (SSSR count). The van der Waals surface area contributed by atoms with Crippen LogP contribution in [0.15, 0.2) is 36.4 Å². The maximum atomic E-state index is 13.4. The van der Waals surface area contributed by atoms with Crippen molar-refractivity contribution in [1.82, 2.24) is 10.2 Å². The molecule has 0 fully saturated rings. The highest BCUT2D eigenvalue weighted by molar-refractivity contribution is 5.88. The summed E-state index contributed by atoms with van der Waals surface area (Å²) in [4.78, 5) is 28.0. The fourth-order valence-electron chi connectivity index (χ4n) is 3.66. The minimum absolute atomic E-state index is 0.0404. The van der Waals surface area contributed by atoms with Crippen LogP contribution in [0.2, 0.25) is 0 Å². The van der Waals surface area contributed by atoms with Crippen LogP contribution in [0.3, 0.4) is 0 Å². The average Bonchev–Trinajstić information content (AvgIpc) is 2.80. The molecule has 2 amide bonds. The Morgan fingerprint density at radius 1 is 1.03 bits per heavy atom. The molecule has 6 nitrogen and oxygen atoms in total. The minimum Gasteiger partial charge on any atom is -0.497 e. The van der Waals surface area contributed by atoms with Gasteiger partial charge in [0, 0.05) is 12.6 Å². The van der Waals surface area contributed by atoms with Crippen LogP contribution in [0, 0.1) is 20.8 Å². The van der Waals surface area contributed by atoms with E-state index in [-0.39, 0.29) is 24.5 Å². The standard InChI is InChI=1S/C27H38N2O4/c1-8-20(5)28-27(31)24(9-2)29(16-22-10-12-23(32-7)13-11-22)26(30)17-33-25-15-18(3)14-19(4)21(25)6/h10-15,20,24H,8-9,16-17H2,1-7H3,(H,28,31)/t20-,24-/m0/s1. The lowest BCUT2D eigenvalue weighted by molar-refractivity contribution is -0.143. The summed E-state index contributed by atoms with van der Waals surface area (Å²) in [5.74, 6) is 1.07. The molecule has 2 atom stereocenters. The highest BCUT2D eigenvalue weighted by Crippen LogP contribution is 2.24. The summed E-state index contributed by atoms with van der Waals surface area (Å²) in [6.45, 7) is 12.1. The van der Waals surface area contributed by atoms with E-state index in [1.165, 1.54) is 0 Å². The summed E-state index contributed by atoms with van der Waals surface area (Å²) in [5, 5.41) is 3.02. The Hall–Kier alpha value is -3.02. The number of ether oxygens (including phenoxy) is 2. The van der Waals surface area contributed by atoms with Gasteiger partial charge in [0.15, 0.2) is 6.61 Å². The predicted octanol–water partition coefficient (Wildman–Crippen LogP) is 4.72. The van der Waals surface area contributed by atoms with Crippen LogP contribution in [0.5, 0.6) is 11.5 Å². The maximum absolute atomic E-state index is 13.4.